The van der Waals surface area contributed by atoms with Gasteiger partial charge in [-0.3, -0.25) is 0 Å². The van der Waals surface area contributed by atoms with E-state index in [0.29, 0.717) is 5.92 Å². The molecule has 0 amide bonds. The molecule has 0 aliphatic heterocycles. The van der Waals surface area contributed by atoms with Crippen molar-refractivity contribution in [3.63, 3.8) is 0 Å². The number of furan rings is 1. The van der Waals surface area contributed by atoms with E-state index in [1.165, 1.54) is 4.90 Å². The largest absolute Gasteiger partial charge is 0.468 e. The molecular formula is C13H23NOS. The lowest BCUT2D eigenvalue weighted by Crippen LogP contribution is -2.39. The molecule has 0 saturated heterocycles. The Morgan fingerprint density at radius 2 is 2.12 bits per heavy atom. The number of thioether (sulfide) groups is 1. The molecule has 1 N–H and O–H groups in total. The Kier molecular flexibility index (Phi) is 4.93. The Balaban J connectivity index is 2.25. The first-order valence-corrected chi connectivity index (χ1v) is 6.79. The highest BCUT2D eigenvalue weighted by Gasteiger charge is 2.12. The summed E-state index contributed by atoms with van der Waals surface area (Å²) >= 11 is 1.88. The average molecular weight is 241 g/mol. The van der Waals surface area contributed by atoms with E-state index in [9.17, 15) is 0 Å². The van der Waals surface area contributed by atoms with Gasteiger partial charge in [-0.1, -0.05) is 6.92 Å². The molecule has 0 saturated carbocycles. The molecule has 2 nitrogen and oxygen atoms in total. The van der Waals surface area contributed by atoms with Crippen LogP contribution in [0.5, 0.6) is 0 Å². The van der Waals surface area contributed by atoms with E-state index in [2.05, 4.69) is 33.0 Å². The SMILES string of the molecule is Cc1occc1SCC(C)CNC(C)(C)C. The van der Waals surface area contributed by atoms with Crippen LogP contribution in [0.4, 0.5) is 0 Å². The smallest absolute Gasteiger partial charge is 0.114 e. The van der Waals surface area contributed by atoms with Gasteiger partial charge in [0.25, 0.3) is 0 Å². The quantitative estimate of drug-likeness (QED) is 0.796. The summed E-state index contributed by atoms with van der Waals surface area (Å²) in [5.41, 5.74) is 0.213. The maximum absolute atomic E-state index is 5.27. The van der Waals surface area contributed by atoms with Gasteiger partial charge in [0.2, 0.25) is 0 Å². The summed E-state index contributed by atoms with van der Waals surface area (Å²) in [6.07, 6.45) is 1.76. The molecule has 0 bridgehead atoms. The van der Waals surface area contributed by atoms with Crippen LogP contribution in [0.3, 0.4) is 0 Å². The fourth-order valence-electron chi connectivity index (χ4n) is 1.29. The van der Waals surface area contributed by atoms with Crippen LogP contribution in [0.15, 0.2) is 21.6 Å². The third-order valence-electron chi connectivity index (χ3n) is 2.32. The first kappa shape index (κ1) is 13.7. The lowest BCUT2D eigenvalue weighted by Gasteiger charge is -2.23. The molecule has 92 valence electrons. The number of rotatable bonds is 5. The molecule has 1 aromatic heterocycles. The third-order valence-corrected chi connectivity index (χ3v) is 3.79. The Morgan fingerprint density at radius 3 is 2.62 bits per heavy atom. The predicted octanol–water partition coefficient (Wildman–Crippen LogP) is 3.70. The number of hydrogen-bond donors (Lipinski definition) is 1. The topological polar surface area (TPSA) is 25.2 Å². The lowest BCUT2D eigenvalue weighted by atomic mass is 10.1. The Morgan fingerprint density at radius 1 is 1.44 bits per heavy atom. The Hall–Kier alpha value is -0.410. The standard InChI is InChI=1S/C13H23NOS/c1-10(8-14-13(3,4)5)9-16-12-6-7-15-11(12)2/h6-7,10,14H,8-9H2,1-5H3. The highest BCUT2D eigenvalue weighted by atomic mass is 32.2. The van der Waals surface area contributed by atoms with Crippen LogP contribution >= 0.6 is 11.8 Å². The fraction of sp³-hybridized carbons (Fsp3) is 0.692. The molecule has 0 fully saturated rings. The zero-order chi connectivity index (χ0) is 12.2. The molecule has 1 unspecified atom stereocenters. The summed E-state index contributed by atoms with van der Waals surface area (Å²) in [5, 5.41) is 3.53. The summed E-state index contributed by atoms with van der Waals surface area (Å²) in [5.74, 6) is 2.82. The average Bonchev–Trinajstić information content (AvgIpc) is 2.57. The van der Waals surface area contributed by atoms with Gasteiger partial charge in [0.1, 0.15) is 5.76 Å². The minimum absolute atomic E-state index is 0.213. The van der Waals surface area contributed by atoms with Crippen molar-refractivity contribution in [1.29, 1.82) is 0 Å². The van der Waals surface area contributed by atoms with Gasteiger partial charge in [0, 0.05) is 16.2 Å². The Bertz CT molecular complexity index is 314. The van der Waals surface area contributed by atoms with Crippen LogP contribution in [-0.4, -0.2) is 17.8 Å². The molecule has 0 spiro atoms. The first-order chi connectivity index (χ1) is 7.38. The number of hydrogen-bond acceptors (Lipinski definition) is 3. The van der Waals surface area contributed by atoms with Crippen molar-refractivity contribution in [2.45, 2.75) is 45.1 Å². The van der Waals surface area contributed by atoms with E-state index >= 15 is 0 Å². The van der Waals surface area contributed by atoms with Gasteiger partial charge < -0.3 is 9.73 Å². The van der Waals surface area contributed by atoms with Crippen molar-refractivity contribution in [1.82, 2.24) is 5.32 Å². The predicted molar refractivity (Wildman–Crippen MR) is 71.1 cm³/mol. The summed E-state index contributed by atoms with van der Waals surface area (Å²) in [4.78, 5) is 1.27. The summed E-state index contributed by atoms with van der Waals surface area (Å²) in [6.45, 7) is 12.0. The van der Waals surface area contributed by atoms with Gasteiger partial charge in [0.15, 0.2) is 0 Å². The lowest BCUT2D eigenvalue weighted by molar-refractivity contribution is 0.395. The Labute approximate surface area is 103 Å². The molecule has 0 aliphatic rings. The fourth-order valence-corrected chi connectivity index (χ4v) is 2.28. The second-order valence-corrected chi connectivity index (χ2v) is 6.45. The molecule has 16 heavy (non-hydrogen) atoms. The summed E-state index contributed by atoms with van der Waals surface area (Å²) in [7, 11) is 0. The zero-order valence-electron chi connectivity index (χ0n) is 11.0. The molecule has 1 rings (SSSR count). The van der Waals surface area contributed by atoms with Crippen molar-refractivity contribution in [2.75, 3.05) is 12.3 Å². The van der Waals surface area contributed by atoms with Gasteiger partial charge in [-0.2, -0.15) is 0 Å². The zero-order valence-corrected chi connectivity index (χ0v) is 11.8. The van der Waals surface area contributed by atoms with E-state index in [-0.39, 0.29) is 5.54 Å². The van der Waals surface area contributed by atoms with E-state index in [1.807, 2.05) is 24.8 Å². The summed E-state index contributed by atoms with van der Waals surface area (Å²) < 4.78 is 5.27. The maximum atomic E-state index is 5.27. The molecule has 0 aromatic carbocycles. The van der Waals surface area contributed by atoms with Crippen LogP contribution in [0.1, 0.15) is 33.5 Å². The molecule has 1 heterocycles. The van der Waals surface area contributed by atoms with Crippen molar-refractivity contribution in [2.24, 2.45) is 5.92 Å². The molecule has 3 heteroatoms. The monoisotopic (exact) mass is 241 g/mol. The highest BCUT2D eigenvalue weighted by Crippen LogP contribution is 2.24. The van der Waals surface area contributed by atoms with Gasteiger partial charge in [0.05, 0.1) is 6.26 Å². The van der Waals surface area contributed by atoms with Crippen LogP contribution in [0.25, 0.3) is 0 Å². The minimum Gasteiger partial charge on any atom is -0.468 e. The van der Waals surface area contributed by atoms with Crippen LogP contribution < -0.4 is 5.32 Å². The van der Waals surface area contributed by atoms with Crippen molar-refractivity contribution >= 4 is 11.8 Å². The molecule has 1 atom stereocenters. The van der Waals surface area contributed by atoms with Gasteiger partial charge in [-0.05, 0) is 46.2 Å². The van der Waals surface area contributed by atoms with Crippen molar-refractivity contribution < 1.29 is 4.42 Å². The van der Waals surface area contributed by atoms with Gasteiger partial charge in [-0.15, -0.1) is 11.8 Å². The van der Waals surface area contributed by atoms with Crippen molar-refractivity contribution in [3.8, 4) is 0 Å². The molecule has 0 radical (unpaired) electrons. The van der Waals surface area contributed by atoms with Crippen molar-refractivity contribution in [3.05, 3.63) is 18.1 Å². The molecule has 1 aromatic rings. The minimum atomic E-state index is 0.213. The van der Waals surface area contributed by atoms with Gasteiger partial charge in [-0.25, -0.2) is 0 Å². The summed E-state index contributed by atoms with van der Waals surface area (Å²) in [6, 6.07) is 2.05. The van der Waals surface area contributed by atoms with E-state index in [1.54, 1.807) is 6.26 Å². The first-order valence-electron chi connectivity index (χ1n) is 5.80. The number of aryl methyl sites for hydroxylation is 1. The van der Waals surface area contributed by atoms with Crippen LogP contribution in [0.2, 0.25) is 0 Å². The molecular weight excluding hydrogens is 218 g/mol. The van der Waals surface area contributed by atoms with E-state index < -0.39 is 0 Å². The highest BCUT2D eigenvalue weighted by molar-refractivity contribution is 7.99. The maximum Gasteiger partial charge on any atom is 0.114 e. The normalized spacial score (nSPS) is 14.1. The third kappa shape index (κ3) is 5.08. The van der Waals surface area contributed by atoms with Crippen LogP contribution in [-0.2, 0) is 0 Å². The number of nitrogens with one attached hydrogen (secondary N) is 1. The van der Waals surface area contributed by atoms with E-state index in [4.69, 9.17) is 4.42 Å². The molecule has 0 aliphatic carbocycles. The second kappa shape index (κ2) is 5.78. The van der Waals surface area contributed by atoms with Gasteiger partial charge >= 0.3 is 0 Å². The second-order valence-electron chi connectivity index (χ2n) is 5.39. The van der Waals surface area contributed by atoms with E-state index in [0.717, 1.165) is 18.1 Å². The van der Waals surface area contributed by atoms with Crippen LogP contribution in [0, 0.1) is 12.8 Å².